The van der Waals surface area contributed by atoms with E-state index in [1.165, 1.54) is 17.9 Å². The lowest BCUT2D eigenvalue weighted by molar-refractivity contribution is -0.151. The molecule has 2 heterocycles. The van der Waals surface area contributed by atoms with Crippen LogP contribution < -0.4 is 5.56 Å². The Morgan fingerprint density at radius 3 is 2.34 bits per heavy atom. The first-order chi connectivity index (χ1) is 15.0. The second kappa shape index (κ2) is 8.91. The van der Waals surface area contributed by atoms with Crippen LogP contribution in [0.15, 0.2) is 16.9 Å². The third kappa shape index (κ3) is 4.49. The summed E-state index contributed by atoms with van der Waals surface area (Å²) in [6.45, 7) is 7.43. The fourth-order valence-electron chi connectivity index (χ4n) is 4.00. The summed E-state index contributed by atoms with van der Waals surface area (Å²) in [6, 6.07) is 1.89. The number of aromatic nitrogens is 2. The maximum absolute atomic E-state index is 13.5. The van der Waals surface area contributed by atoms with E-state index in [1.54, 1.807) is 26.8 Å². The highest BCUT2D eigenvalue weighted by Gasteiger charge is 2.39. The average Bonchev–Trinajstić information content (AvgIpc) is 2.73. The van der Waals surface area contributed by atoms with Crippen molar-refractivity contribution in [2.24, 2.45) is 5.92 Å². The lowest BCUT2D eigenvalue weighted by atomic mass is 9.96. The van der Waals surface area contributed by atoms with Gasteiger partial charge in [0, 0.05) is 13.1 Å². The molecule has 1 aromatic carbocycles. The number of alkyl halides is 3. The van der Waals surface area contributed by atoms with Crippen molar-refractivity contribution in [3.63, 3.8) is 0 Å². The molecule has 1 saturated heterocycles. The van der Waals surface area contributed by atoms with Gasteiger partial charge in [-0.2, -0.15) is 13.2 Å². The van der Waals surface area contributed by atoms with Gasteiger partial charge in [0.1, 0.15) is 6.04 Å². The number of piperidine rings is 1. The topological polar surface area (TPSA) is 81.5 Å². The summed E-state index contributed by atoms with van der Waals surface area (Å²) < 4.78 is 46.5. The van der Waals surface area contributed by atoms with Gasteiger partial charge in [0.15, 0.2) is 0 Å². The summed E-state index contributed by atoms with van der Waals surface area (Å²) in [5, 5.41) is 0. The first-order valence-electron chi connectivity index (χ1n) is 10.5. The number of hydrogen-bond donors (Lipinski definition) is 0. The zero-order valence-electron chi connectivity index (χ0n) is 18.5. The average molecular weight is 453 g/mol. The highest BCUT2D eigenvalue weighted by atomic mass is 19.4. The number of fused-ring (bicyclic) bond motifs is 1. The van der Waals surface area contributed by atoms with Crippen molar-refractivity contribution >= 4 is 22.9 Å². The molecule has 0 aliphatic carbocycles. The SMILES string of the molecule is CCOC(=O)C1CCN(C(=O)[C@@H](C)n2c(=O)c(C(F)(F)F)nc3cc(C)c(C)cc32)CC1. The molecule has 0 spiro atoms. The molecule has 174 valence electrons. The second-order valence-corrected chi connectivity index (χ2v) is 8.09. The van der Waals surface area contributed by atoms with Crippen molar-refractivity contribution in [2.45, 2.75) is 52.8 Å². The van der Waals surface area contributed by atoms with E-state index in [9.17, 15) is 27.6 Å². The van der Waals surface area contributed by atoms with Crippen LogP contribution >= 0.6 is 0 Å². The van der Waals surface area contributed by atoms with Gasteiger partial charge >= 0.3 is 12.1 Å². The van der Waals surface area contributed by atoms with Gasteiger partial charge in [-0.1, -0.05) is 0 Å². The maximum atomic E-state index is 13.5. The van der Waals surface area contributed by atoms with E-state index in [2.05, 4.69) is 4.98 Å². The normalized spacial score (nSPS) is 16.3. The van der Waals surface area contributed by atoms with Gasteiger partial charge in [-0.05, 0) is 63.8 Å². The Morgan fingerprint density at radius 2 is 1.78 bits per heavy atom. The number of halogens is 3. The molecular formula is C22H26F3N3O4. The predicted molar refractivity (Wildman–Crippen MR) is 111 cm³/mol. The second-order valence-electron chi connectivity index (χ2n) is 8.09. The molecule has 0 radical (unpaired) electrons. The molecule has 10 heteroatoms. The van der Waals surface area contributed by atoms with Gasteiger partial charge in [-0.3, -0.25) is 19.0 Å². The van der Waals surface area contributed by atoms with Crippen molar-refractivity contribution in [1.29, 1.82) is 0 Å². The number of rotatable bonds is 4. The summed E-state index contributed by atoms with van der Waals surface area (Å²) in [7, 11) is 0. The minimum atomic E-state index is -4.95. The molecular weight excluding hydrogens is 427 g/mol. The van der Waals surface area contributed by atoms with E-state index in [4.69, 9.17) is 4.74 Å². The van der Waals surface area contributed by atoms with E-state index < -0.39 is 29.4 Å². The van der Waals surface area contributed by atoms with Crippen molar-refractivity contribution in [3.05, 3.63) is 39.3 Å². The quantitative estimate of drug-likeness (QED) is 0.663. The molecule has 0 saturated carbocycles. The number of esters is 1. The molecule has 1 aliphatic heterocycles. The van der Waals surface area contributed by atoms with Crippen LogP contribution in [0.3, 0.4) is 0 Å². The number of hydrogen-bond acceptors (Lipinski definition) is 5. The van der Waals surface area contributed by atoms with E-state index >= 15 is 0 Å². The lowest BCUT2D eigenvalue weighted by Gasteiger charge is -2.33. The fourth-order valence-corrected chi connectivity index (χ4v) is 4.00. The van der Waals surface area contributed by atoms with Gasteiger partial charge in [-0.15, -0.1) is 0 Å². The van der Waals surface area contributed by atoms with Gasteiger partial charge in [0.2, 0.25) is 11.6 Å². The molecule has 32 heavy (non-hydrogen) atoms. The summed E-state index contributed by atoms with van der Waals surface area (Å²) in [5.41, 5.74) is -1.23. The first-order valence-corrected chi connectivity index (χ1v) is 10.5. The fraction of sp³-hybridized carbons (Fsp3) is 0.545. The Hall–Kier alpha value is -2.91. The van der Waals surface area contributed by atoms with Crippen LogP contribution in [0, 0.1) is 19.8 Å². The van der Waals surface area contributed by atoms with Crippen LogP contribution in [-0.4, -0.2) is 46.0 Å². The van der Waals surface area contributed by atoms with Crippen molar-refractivity contribution in [2.75, 3.05) is 19.7 Å². The highest BCUT2D eigenvalue weighted by Crippen LogP contribution is 2.29. The molecule has 0 N–H and O–H groups in total. The van der Waals surface area contributed by atoms with Crippen LogP contribution in [0.2, 0.25) is 0 Å². The van der Waals surface area contributed by atoms with E-state index in [0.29, 0.717) is 12.8 Å². The monoisotopic (exact) mass is 453 g/mol. The molecule has 1 aromatic heterocycles. The lowest BCUT2D eigenvalue weighted by Crippen LogP contribution is -2.45. The summed E-state index contributed by atoms with van der Waals surface area (Å²) in [5.74, 6) is -1.11. The number of nitrogens with zero attached hydrogens (tertiary/aromatic N) is 3. The number of benzene rings is 1. The van der Waals surface area contributed by atoms with Crippen molar-refractivity contribution in [1.82, 2.24) is 14.5 Å². The summed E-state index contributed by atoms with van der Waals surface area (Å²) >= 11 is 0. The number of aryl methyl sites for hydroxylation is 2. The molecule has 3 rings (SSSR count). The van der Waals surface area contributed by atoms with Crippen LogP contribution in [-0.2, 0) is 20.5 Å². The standard InChI is InChI=1S/C22H26F3N3O4/c1-5-32-21(31)15-6-8-27(9-7-15)19(29)14(4)28-17-11-13(3)12(2)10-16(17)26-18(20(28)30)22(23,24)25/h10-11,14-15H,5-9H2,1-4H3/t14-/m1/s1. The van der Waals surface area contributed by atoms with Gasteiger partial charge < -0.3 is 9.64 Å². The third-order valence-corrected chi connectivity index (χ3v) is 5.94. The molecule has 0 unspecified atom stereocenters. The number of ether oxygens (including phenoxy) is 1. The number of likely N-dealkylation sites (tertiary alicyclic amines) is 1. The smallest absolute Gasteiger partial charge is 0.438 e. The zero-order chi connectivity index (χ0) is 23.8. The van der Waals surface area contributed by atoms with Crippen molar-refractivity contribution < 1.29 is 27.5 Å². The summed E-state index contributed by atoms with van der Waals surface area (Å²) in [6.07, 6.45) is -4.16. The molecule has 7 nitrogen and oxygen atoms in total. The highest BCUT2D eigenvalue weighted by molar-refractivity contribution is 5.84. The number of carbonyl (C=O) groups is 2. The van der Waals surface area contributed by atoms with E-state index in [-0.39, 0.29) is 42.6 Å². The zero-order valence-corrected chi connectivity index (χ0v) is 18.5. The van der Waals surface area contributed by atoms with Crippen LogP contribution in [0.1, 0.15) is 49.6 Å². The minimum absolute atomic E-state index is 0.000643. The predicted octanol–water partition coefficient (Wildman–Crippen LogP) is 3.39. The van der Waals surface area contributed by atoms with Gasteiger partial charge in [0.25, 0.3) is 5.56 Å². The molecule has 1 fully saturated rings. The van der Waals surface area contributed by atoms with Crippen molar-refractivity contribution in [3.8, 4) is 0 Å². The van der Waals surface area contributed by atoms with E-state index in [1.807, 2.05) is 0 Å². The Bertz CT molecular complexity index is 1100. The van der Waals surface area contributed by atoms with Gasteiger partial charge in [-0.25, -0.2) is 4.98 Å². The Kier molecular flexibility index (Phi) is 6.61. The minimum Gasteiger partial charge on any atom is -0.466 e. The van der Waals surface area contributed by atoms with E-state index in [0.717, 1.165) is 15.7 Å². The molecule has 2 aromatic rings. The van der Waals surface area contributed by atoms with Gasteiger partial charge in [0.05, 0.1) is 23.6 Å². The first kappa shape index (κ1) is 23.7. The molecule has 0 bridgehead atoms. The molecule has 1 atom stereocenters. The largest absolute Gasteiger partial charge is 0.466 e. The Balaban J connectivity index is 1.98. The van der Waals surface area contributed by atoms with Crippen LogP contribution in [0.5, 0.6) is 0 Å². The number of carbonyl (C=O) groups excluding carboxylic acids is 2. The third-order valence-electron chi connectivity index (χ3n) is 5.94. The Labute approximate surface area is 183 Å². The number of amides is 1. The van der Waals surface area contributed by atoms with Crippen LogP contribution in [0.4, 0.5) is 13.2 Å². The molecule has 1 amide bonds. The van der Waals surface area contributed by atoms with Crippen LogP contribution in [0.25, 0.3) is 11.0 Å². The molecule has 1 aliphatic rings. The Morgan fingerprint density at radius 1 is 1.19 bits per heavy atom. The maximum Gasteiger partial charge on any atom is 0.438 e. The summed E-state index contributed by atoms with van der Waals surface area (Å²) in [4.78, 5) is 43.0.